The highest BCUT2D eigenvalue weighted by atomic mass is 32.2. The van der Waals surface area contributed by atoms with Gasteiger partial charge in [0.1, 0.15) is 10.8 Å². The fraction of sp³-hybridized carbons (Fsp3) is 0.348. The standard InChI is InChI=1S/C23H23N3O4S/c1-15-12-17(26-30-15)14-31-22-18(6-5-11-24-22)21(27)25-16-7-8-19-20(13-16)29-23(28-19)9-3-2-4-10-23/h5-8,11-13H,2-4,9-10,14H2,1H3,(H,25,27). The van der Waals surface area contributed by atoms with Gasteiger partial charge in [-0.1, -0.05) is 23.3 Å². The molecule has 1 fully saturated rings. The van der Waals surface area contributed by atoms with Crippen molar-refractivity contribution in [3.8, 4) is 11.5 Å². The van der Waals surface area contributed by atoms with Crippen LogP contribution in [0.25, 0.3) is 0 Å². The Hall–Kier alpha value is -3.00. The van der Waals surface area contributed by atoms with E-state index in [0.29, 0.717) is 27.8 Å². The number of amides is 1. The quantitative estimate of drug-likeness (QED) is 0.538. The largest absolute Gasteiger partial charge is 0.448 e. The molecular formula is C23H23N3O4S. The van der Waals surface area contributed by atoms with Crippen LogP contribution in [-0.4, -0.2) is 21.8 Å². The van der Waals surface area contributed by atoms with E-state index in [0.717, 1.165) is 42.9 Å². The van der Waals surface area contributed by atoms with Crippen molar-refractivity contribution in [2.45, 2.75) is 55.6 Å². The van der Waals surface area contributed by atoms with Crippen molar-refractivity contribution in [1.29, 1.82) is 0 Å². The van der Waals surface area contributed by atoms with Crippen molar-refractivity contribution in [1.82, 2.24) is 10.1 Å². The van der Waals surface area contributed by atoms with Gasteiger partial charge < -0.3 is 19.3 Å². The van der Waals surface area contributed by atoms with Crippen molar-refractivity contribution in [2.24, 2.45) is 0 Å². The zero-order chi connectivity index (χ0) is 21.3. The van der Waals surface area contributed by atoms with Gasteiger partial charge in [-0.2, -0.15) is 0 Å². The van der Waals surface area contributed by atoms with Crippen molar-refractivity contribution in [3.05, 3.63) is 59.6 Å². The summed E-state index contributed by atoms with van der Waals surface area (Å²) in [5, 5.41) is 7.59. The number of anilines is 1. The number of thioether (sulfide) groups is 1. The van der Waals surface area contributed by atoms with Crippen molar-refractivity contribution >= 4 is 23.4 Å². The first-order valence-electron chi connectivity index (χ1n) is 10.4. The summed E-state index contributed by atoms with van der Waals surface area (Å²) in [6.45, 7) is 1.85. The molecule has 31 heavy (non-hydrogen) atoms. The number of fused-ring (bicyclic) bond motifs is 1. The smallest absolute Gasteiger partial charge is 0.258 e. The summed E-state index contributed by atoms with van der Waals surface area (Å²) in [6.07, 6.45) is 6.89. The summed E-state index contributed by atoms with van der Waals surface area (Å²) < 4.78 is 17.4. The first-order chi connectivity index (χ1) is 15.1. The molecule has 2 aromatic heterocycles. The van der Waals surface area contributed by atoms with Crippen molar-refractivity contribution < 1.29 is 18.8 Å². The molecule has 0 atom stereocenters. The Morgan fingerprint density at radius 1 is 1.13 bits per heavy atom. The SMILES string of the molecule is Cc1cc(CSc2ncccc2C(=O)Nc2ccc3c(c2)OC2(CCCCC2)O3)no1. The first-order valence-corrected chi connectivity index (χ1v) is 11.4. The number of aryl methyl sites for hydroxylation is 1. The Morgan fingerprint density at radius 3 is 2.77 bits per heavy atom. The Bertz CT molecular complexity index is 1110. The number of carbonyl (C=O) groups is 1. The second-order valence-electron chi connectivity index (χ2n) is 7.86. The lowest BCUT2D eigenvalue weighted by atomic mass is 9.94. The number of hydrogen-bond donors (Lipinski definition) is 1. The summed E-state index contributed by atoms with van der Waals surface area (Å²) >= 11 is 1.45. The first kappa shape index (κ1) is 19.9. The van der Waals surface area contributed by atoms with Crippen LogP contribution in [0.4, 0.5) is 5.69 Å². The number of hydrogen-bond acceptors (Lipinski definition) is 7. The molecule has 3 heterocycles. The third kappa shape index (κ3) is 4.25. The molecule has 8 heteroatoms. The van der Waals surface area contributed by atoms with Gasteiger partial charge in [0.25, 0.3) is 11.7 Å². The van der Waals surface area contributed by atoms with E-state index in [2.05, 4.69) is 15.5 Å². The summed E-state index contributed by atoms with van der Waals surface area (Å²) in [5.74, 6) is 1.99. The van der Waals surface area contributed by atoms with Crippen LogP contribution in [0.15, 0.2) is 52.1 Å². The molecule has 2 aliphatic rings. The van der Waals surface area contributed by atoms with E-state index >= 15 is 0 Å². The molecule has 0 bridgehead atoms. The Balaban J connectivity index is 1.29. The van der Waals surface area contributed by atoms with Crippen LogP contribution in [0, 0.1) is 6.92 Å². The molecule has 1 spiro atoms. The van der Waals surface area contributed by atoms with Gasteiger partial charge in [-0.25, -0.2) is 4.98 Å². The topological polar surface area (TPSA) is 86.5 Å². The highest BCUT2D eigenvalue weighted by Gasteiger charge is 2.42. The van der Waals surface area contributed by atoms with Crippen molar-refractivity contribution in [3.63, 3.8) is 0 Å². The molecule has 1 saturated carbocycles. The number of rotatable bonds is 5. The van der Waals surface area contributed by atoms with E-state index in [-0.39, 0.29) is 5.91 Å². The summed E-state index contributed by atoms with van der Waals surface area (Å²) in [4.78, 5) is 17.4. The molecule has 1 N–H and O–H groups in total. The van der Waals surface area contributed by atoms with Gasteiger partial charge in [-0.3, -0.25) is 4.79 Å². The van der Waals surface area contributed by atoms with Gasteiger partial charge in [-0.15, -0.1) is 0 Å². The van der Waals surface area contributed by atoms with Crippen LogP contribution in [0.1, 0.15) is 53.9 Å². The minimum absolute atomic E-state index is 0.224. The molecule has 1 aliphatic heterocycles. The minimum Gasteiger partial charge on any atom is -0.448 e. The van der Waals surface area contributed by atoms with Gasteiger partial charge in [-0.05, 0) is 44.0 Å². The van der Waals surface area contributed by atoms with E-state index in [4.69, 9.17) is 14.0 Å². The molecule has 1 amide bonds. The lowest BCUT2D eigenvalue weighted by Crippen LogP contribution is -2.40. The predicted octanol–water partition coefficient (Wildman–Crippen LogP) is 5.35. The molecule has 160 valence electrons. The Morgan fingerprint density at radius 2 is 1.97 bits per heavy atom. The van der Waals surface area contributed by atoms with Crippen LogP contribution < -0.4 is 14.8 Å². The number of pyridine rings is 1. The number of nitrogens with zero attached hydrogens (tertiary/aromatic N) is 2. The second-order valence-corrected chi connectivity index (χ2v) is 8.83. The number of nitrogens with one attached hydrogen (secondary N) is 1. The normalized spacial score (nSPS) is 16.4. The second kappa shape index (κ2) is 8.26. The molecule has 7 nitrogen and oxygen atoms in total. The van der Waals surface area contributed by atoms with E-state index in [1.165, 1.54) is 18.2 Å². The molecule has 1 aromatic carbocycles. The molecular weight excluding hydrogens is 414 g/mol. The zero-order valence-corrected chi connectivity index (χ0v) is 18.0. The van der Waals surface area contributed by atoms with Gasteiger partial charge in [0, 0.05) is 42.6 Å². The number of ether oxygens (including phenoxy) is 2. The van der Waals surface area contributed by atoms with Gasteiger partial charge in [0.05, 0.1) is 11.3 Å². The van der Waals surface area contributed by atoms with E-state index < -0.39 is 5.79 Å². The lowest BCUT2D eigenvalue weighted by molar-refractivity contribution is -0.105. The maximum atomic E-state index is 13.0. The van der Waals surface area contributed by atoms with E-state index in [9.17, 15) is 4.79 Å². The number of carbonyl (C=O) groups excluding carboxylic acids is 1. The van der Waals surface area contributed by atoms with E-state index in [1.54, 1.807) is 18.3 Å². The third-order valence-corrected chi connectivity index (χ3v) is 6.50. The highest BCUT2D eigenvalue weighted by molar-refractivity contribution is 7.98. The maximum absolute atomic E-state index is 13.0. The monoisotopic (exact) mass is 437 g/mol. The summed E-state index contributed by atoms with van der Waals surface area (Å²) in [6, 6.07) is 10.9. The molecule has 5 rings (SSSR count). The highest BCUT2D eigenvalue weighted by Crippen LogP contribution is 2.46. The Kier molecular flexibility index (Phi) is 5.31. The van der Waals surface area contributed by atoms with Crippen LogP contribution in [-0.2, 0) is 5.75 Å². The van der Waals surface area contributed by atoms with Crippen LogP contribution in [0.5, 0.6) is 11.5 Å². The molecule has 0 radical (unpaired) electrons. The predicted molar refractivity (Wildman–Crippen MR) is 117 cm³/mol. The van der Waals surface area contributed by atoms with Crippen LogP contribution in [0.3, 0.4) is 0 Å². The average molecular weight is 438 g/mol. The molecule has 0 unspecified atom stereocenters. The lowest BCUT2D eigenvalue weighted by Gasteiger charge is -2.31. The van der Waals surface area contributed by atoms with E-state index in [1.807, 2.05) is 31.2 Å². The molecule has 1 aliphatic carbocycles. The van der Waals surface area contributed by atoms with Gasteiger partial charge in [0.2, 0.25) is 0 Å². The van der Waals surface area contributed by atoms with Crippen molar-refractivity contribution in [2.75, 3.05) is 5.32 Å². The Labute approximate surface area is 184 Å². The zero-order valence-electron chi connectivity index (χ0n) is 17.2. The summed E-state index contributed by atoms with van der Waals surface area (Å²) in [5.41, 5.74) is 1.98. The number of aromatic nitrogens is 2. The fourth-order valence-corrected chi connectivity index (χ4v) is 4.84. The van der Waals surface area contributed by atoms with Gasteiger partial charge in [0.15, 0.2) is 11.5 Å². The average Bonchev–Trinajstić information content (AvgIpc) is 3.35. The van der Waals surface area contributed by atoms with Crippen LogP contribution >= 0.6 is 11.8 Å². The molecule has 3 aromatic rings. The molecule has 0 saturated heterocycles. The third-order valence-electron chi connectivity index (χ3n) is 5.46. The fourth-order valence-electron chi connectivity index (χ4n) is 3.97. The van der Waals surface area contributed by atoms with Crippen LogP contribution in [0.2, 0.25) is 0 Å². The maximum Gasteiger partial charge on any atom is 0.258 e. The van der Waals surface area contributed by atoms with Gasteiger partial charge >= 0.3 is 0 Å². The number of benzene rings is 1. The summed E-state index contributed by atoms with van der Waals surface area (Å²) in [7, 11) is 0. The minimum atomic E-state index is -0.532.